The summed E-state index contributed by atoms with van der Waals surface area (Å²) in [6.45, 7) is 4.19. The summed E-state index contributed by atoms with van der Waals surface area (Å²) in [4.78, 5) is 11.5. The van der Waals surface area contributed by atoms with Gasteiger partial charge in [-0.15, -0.1) is 0 Å². The van der Waals surface area contributed by atoms with Crippen molar-refractivity contribution in [1.82, 2.24) is 5.32 Å². The van der Waals surface area contributed by atoms with Crippen molar-refractivity contribution in [3.05, 3.63) is 0 Å². The van der Waals surface area contributed by atoms with Crippen LogP contribution < -0.4 is 5.32 Å². The first-order valence-electron chi connectivity index (χ1n) is 6.43. The lowest BCUT2D eigenvalue weighted by Gasteiger charge is -2.10. The number of nitriles is 1. The van der Waals surface area contributed by atoms with Gasteiger partial charge in [-0.05, 0) is 12.8 Å². The number of nitrogens with zero attached hydrogens (tertiary/aromatic N) is 1. The monoisotopic (exact) mass is 224 g/mol. The third-order valence-electron chi connectivity index (χ3n) is 2.58. The highest BCUT2D eigenvalue weighted by molar-refractivity contribution is 5.76. The van der Waals surface area contributed by atoms with Gasteiger partial charge in [0.25, 0.3) is 0 Å². The molecule has 0 heterocycles. The predicted molar refractivity (Wildman–Crippen MR) is 65.8 cm³/mol. The van der Waals surface area contributed by atoms with Gasteiger partial charge in [0.15, 0.2) is 0 Å². The first-order valence-corrected chi connectivity index (χ1v) is 6.43. The molecule has 16 heavy (non-hydrogen) atoms. The van der Waals surface area contributed by atoms with E-state index in [0.29, 0.717) is 6.42 Å². The zero-order valence-corrected chi connectivity index (χ0v) is 10.6. The number of amides is 1. The van der Waals surface area contributed by atoms with E-state index >= 15 is 0 Å². The molecule has 1 N–H and O–H groups in total. The molecule has 0 aliphatic rings. The van der Waals surface area contributed by atoms with Crippen LogP contribution in [0.25, 0.3) is 0 Å². The van der Waals surface area contributed by atoms with Gasteiger partial charge in [-0.1, -0.05) is 46.0 Å². The molecule has 0 aliphatic heterocycles. The highest BCUT2D eigenvalue weighted by atomic mass is 16.1. The molecule has 0 aliphatic carbocycles. The first-order chi connectivity index (χ1) is 7.74. The van der Waals surface area contributed by atoms with E-state index in [4.69, 9.17) is 5.26 Å². The number of nitrogens with one attached hydrogen (secondary N) is 1. The quantitative estimate of drug-likeness (QED) is 0.612. The van der Waals surface area contributed by atoms with E-state index < -0.39 is 0 Å². The van der Waals surface area contributed by atoms with Crippen LogP contribution in [-0.2, 0) is 4.79 Å². The summed E-state index contributed by atoms with van der Waals surface area (Å²) in [6, 6.07) is 1.81. The Kier molecular flexibility index (Phi) is 9.80. The van der Waals surface area contributed by atoms with E-state index in [9.17, 15) is 4.79 Å². The minimum Gasteiger partial charge on any atom is -0.340 e. The van der Waals surface area contributed by atoms with Crippen molar-refractivity contribution in [2.45, 2.75) is 71.3 Å². The second-order valence-corrected chi connectivity index (χ2v) is 4.20. The van der Waals surface area contributed by atoms with Crippen molar-refractivity contribution in [1.29, 1.82) is 5.26 Å². The maximum Gasteiger partial charge on any atom is 0.221 e. The van der Waals surface area contributed by atoms with Gasteiger partial charge < -0.3 is 5.32 Å². The molecular weight excluding hydrogens is 200 g/mol. The molecule has 3 heteroatoms. The molecule has 92 valence electrons. The number of hydrogen-bond donors (Lipinski definition) is 1. The van der Waals surface area contributed by atoms with Crippen molar-refractivity contribution in [2.75, 3.05) is 0 Å². The summed E-state index contributed by atoms with van der Waals surface area (Å²) >= 11 is 0. The van der Waals surface area contributed by atoms with Gasteiger partial charge in [-0.2, -0.15) is 5.26 Å². The summed E-state index contributed by atoms with van der Waals surface area (Å²) < 4.78 is 0. The lowest BCUT2D eigenvalue weighted by Crippen LogP contribution is -2.33. The average molecular weight is 224 g/mol. The number of carbonyl (C=O) groups excluding carboxylic acids is 1. The molecule has 0 rings (SSSR count). The zero-order valence-electron chi connectivity index (χ0n) is 10.6. The third kappa shape index (κ3) is 8.28. The molecule has 0 aromatic heterocycles. The van der Waals surface area contributed by atoms with Gasteiger partial charge in [-0.3, -0.25) is 4.79 Å². The van der Waals surface area contributed by atoms with E-state index in [1.165, 1.54) is 19.3 Å². The fourth-order valence-electron chi connectivity index (χ4n) is 1.61. The highest BCUT2D eigenvalue weighted by Crippen LogP contribution is 2.05. The normalized spacial score (nSPS) is 11.8. The van der Waals surface area contributed by atoms with E-state index in [2.05, 4.69) is 18.3 Å². The van der Waals surface area contributed by atoms with Gasteiger partial charge in [0.2, 0.25) is 5.91 Å². The second-order valence-electron chi connectivity index (χ2n) is 4.20. The first kappa shape index (κ1) is 15.0. The summed E-state index contributed by atoms with van der Waals surface area (Å²) in [7, 11) is 0. The minimum absolute atomic E-state index is 0.0245. The predicted octanol–water partition coefficient (Wildman–Crippen LogP) is 3.16. The van der Waals surface area contributed by atoms with Crippen LogP contribution in [0.5, 0.6) is 0 Å². The Morgan fingerprint density at radius 1 is 1.19 bits per heavy atom. The number of hydrogen-bond acceptors (Lipinski definition) is 2. The van der Waals surface area contributed by atoms with Crippen molar-refractivity contribution in [3.8, 4) is 6.07 Å². The van der Waals surface area contributed by atoms with E-state index in [1.807, 2.05) is 6.92 Å². The van der Waals surface area contributed by atoms with Crippen LogP contribution in [0.15, 0.2) is 0 Å². The van der Waals surface area contributed by atoms with Gasteiger partial charge in [0.05, 0.1) is 6.07 Å². The van der Waals surface area contributed by atoms with E-state index in [0.717, 1.165) is 25.7 Å². The molecule has 0 spiro atoms. The second kappa shape index (κ2) is 10.5. The molecule has 1 atom stereocenters. The topological polar surface area (TPSA) is 52.9 Å². The fraction of sp³-hybridized carbons (Fsp3) is 0.846. The average Bonchev–Trinajstić information content (AvgIpc) is 2.28. The molecule has 0 radical (unpaired) electrons. The smallest absolute Gasteiger partial charge is 0.221 e. The van der Waals surface area contributed by atoms with Crippen molar-refractivity contribution in [2.24, 2.45) is 0 Å². The van der Waals surface area contributed by atoms with E-state index in [-0.39, 0.29) is 11.9 Å². The number of rotatable bonds is 9. The van der Waals surface area contributed by atoms with Crippen molar-refractivity contribution >= 4 is 5.91 Å². The Bertz CT molecular complexity index is 220. The van der Waals surface area contributed by atoms with Crippen LogP contribution in [0.3, 0.4) is 0 Å². The standard InChI is InChI=1S/C13H24N2O/c1-3-5-6-7-8-10-13(16)15-12(11-14)9-4-2/h12H,3-10H2,1-2H3,(H,15,16). The Morgan fingerprint density at radius 2 is 1.88 bits per heavy atom. The summed E-state index contributed by atoms with van der Waals surface area (Å²) in [6.07, 6.45) is 7.97. The molecule has 0 aromatic carbocycles. The van der Waals surface area contributed by atoms with Crippen LogP contribution in [0.2, 0.25) is 0 Å². The molecule has 3 nitrogen and oxygen atoms in total. The van der Waals surface area contributed by atoms with Crippen LogP contribution in [0.4, 0.5) is 0 Å². The highest BCUT2D eigenvalue weighted by Gasteiger charge is 2.09. The fourth-order valence-corrected chi connectivity index (χ4v) is 1.61. The molecular formula is C13H24N2O. The van der Waals surface area contributed by atoms with Gasteiger partial charge in [0.1, 0.15) is 6.04 Å². The summed E-state index contributed by atoms with van der Waals surface area (Å²) in [5.74, 6) is 0.0245. The molecule has 0 saturated heterocycles. The zero-order chi connectivity index (χ0) is 12.2. The van der Waals surface area contributed by atoms with Gasteiger partial charge in [-0.25, -0.2) is 0 Å². The van der Waals surface area contributed by atoms with Crippen LogP contribution in [0.1, 0.15) is 65.2 Å². The molecule has 0 bridgehead atoms. The van der Waals surface area contributed by atoms with Gasteiger partial charge >= 0.3 is 0 Å². The number of carbonyl (C=O) groups is 1. The molecule has 1 unspecified atom stereocenters. The van der Waals surface area contributed by atoms with Crippen molar-refractivity contribution in [3.63, 3.8) is 0 Å². The molecule has 1 amide bonds. The maximum absolute atomic E-state index is 11.5. The molecule has 0 aromatic rings. The van der Waals surface area contributed by atoms with Crippen LogP contribution in [0, 0.1) is 11.3 Å². The Balaban J connectivity index is 3.53. The largest absolute Gasteiger partial charge is 0.340 e. The number of unbranched alkanes of at least 4 members (excludes halogenated alkanes) is 4. The Hall–Kier alpha value is -1.04. The molecule has 0 saturated carbocycles. The SMILES string of the molecule is CCCCCCCC(=O)NC(C#N)CCC. The summed E-state index contributed by atoms with van der Waals surface area (Å²) in [5, 5.41) is 11.5. The lowest BCUT2D eigenvalue weighted by molar-refractivity contribution is -0.121. The minimum atomic E-state index is -0.298. The van der Waals surface area contributed by atoms with Crippen LogP contribution in [-0.4, -0.2) is 11.9 Å². The van der Waals surface area contributed by atoms with Gasteiger partial charge in [0, 0.05) is 6.42 Å². The lowest BCUT2D eigenvalue weighted by atomic mass is 10.1. The van der Waals surface area contributed by atoms with E-state index in [1.54, 1.807) is 0 Å². The van der Waals surface area contributed by atoms with Crippen LogP contribution >= 0.6 is 0 Å². The summed E-state index contributed by atoms with van der Waals surface area (Å²) in [5.41, 5.74) is 0. The Labute approximate surface area is 99.2 Å². The maximum atomic E-state index is 11.5. The molecule has 0 fully saturated rings. The van der Waals surface area contributed by atoms with Crippen molar-refractivity contribution < 1.29 is 4.79 Å². The third-order valence-corrected chi connectivity index (χ3v) is 2.58. The Morgan fingerprint density at radius 3 is 2.44 bits per heavy atom.